The smallest absolute Gasteiger partial charge is 0.238 e. The van der Waals surface area contributed by atoms with E-state index < -0.39 is 10.0 Å². The number of aryl methyl sites for hydroxylation is 2. The van der Waals surface area contributed by atoms with E-state index in [9.17, 15) is 13.2 Å². The summed E-state index contributed by atoms with van der Waals surface area (Å²) in [5, 5.41) is 4.24. The Morgan fingerprint density at radius 3 is 2.21 bits per heavy atom. The van der Waals surface area contributed by atoms with Gasteiger partial charge in [0.2, 0.25) is 15.9 Å². The molecule has 0 unspecified atom stereocenters. The van der Waals surface area contributed by atoms with Crippen molar-refractivity contribution in [1.29, 1.82) is 0 Å². The van der Waals surface area contributed by atoms with Gasteiger partial charge in [-0.3, -0.25) is 9.69 Å². The number of rotatable bonds is 6. The SMILES string of the molecule is Cc1cccc(C)c1NC(=O)CN1CCN(S(=O)(=O)/C=C\c2ccccc2)CC1. The zero-order chi connectivity index (χ0) is 20.9. The lowest BCUT2D eigenvalue weighted by atomic mass is 10.1. The first-order chi connectivity index (χ1) is 13.8. The lowest BCUT2D eigenvalue weighted by molar-refractivity contribution is -0.117. The molecular formula is C22H27N3O3S. The molecule has 1 N–H and O–H groups in total. The molecule has 154 valence electrons. The molecule has 3 rings (SSSR count). The third-order valence-electron chi connectivity index (χ3n) is 5.04. The summed E-state index contributed by atoms with van der Waals surface area (Å²) in [6.45, 7) is 5.99. The second-order valence-electron chi connectivity index (χ2n) is 7.25. The van der Waals surface area contributed by atoms with Crippen LogP contribution in [0.4, 0.5) is 5.69 Å². The second kappa shape index (κ2) is 9.35. The average molecular weight is 414 g/mol. The first-order valence-corrected chi connectivity index (χ1v) is 11.2. The van der Waals surface area contributed by atoms with Crippen molar-refractivity contribution in [1.82, 2.24) is 9.21 Å². The van der Waals surface area contributed by atoms with Gasteiger partial charge in [-0.25, -0.2) is 8.42 Å². The fourth-order valence-electron chi connectivity index (χ4n) is 3.35. The number of nitrogens with one attached hydrogen (secondary N) is 1. The summed E-state index contributed by atoms with van der Waals surface area (Å²) in [5.41, 5.74) is 3.75. The van der Waals surface area contributed by atoms with Crippen LogP contribution in [0.2, 0.25) is 0 Å². The molecule has 29 heavy (non-hydrogen) atoms. The molecule has 0 spiro atoms. The highest BCUT2D eigenvalue weighted by Gasteiger charge is 2.26. The zero-order valence-corrected chi connectivity index (χ0v) is 17.7. The number of amides is 1. The number of carbonyl (C=O) groups excluding carboxylic acids is 1. The number of piperazine rings is 1. The third kappa shape index (κ3) is 5.76. The molecule has 1 saturated heterocycles. The van der Waals surface area contributed by atoms with Crippen molar-refractivity contribution in [3.63, 3.8) is 0 Å². The number of hydrogen-bond donors (Lipinski definition) is 1. The molecule has 0 bridgehead atoms. The van der Waals surface area contributed by atoms with Gasteiger partial charge >= 0.3 is 0 Å². The Hall–Kier alpha value is -2.48. The second-order valence-corrected chi connectivity index (χ2v) is 9.07. The average Bonchev–Trinajstić information content (AvgIpc) is 2.71. The van der Waals surface area contributed by atoms with Crippen LogP contribution in [0.25, 0.3) is 6.08 Å². The molecule has 0 radical (unpaired) electrons. The van der Waals surface area contributed by atoms with E-state index in [4.69, 9.17) is 0 Å². The van der Waals surface area contributed by atoms with Gasteiger partial charge in [0, 0.05) is 37.3 Å². The standard InChI is InChI=1S/C22H27N3O3S/c1-18-7-6-8-19(2)22(18)23-21(26)17-24-12-14-25(15-13-24)29(27,28)16-11-20-9-4-3-5-10-20/h3-11,16H,12-15,17H2,1-2H3,(H,23,26)/b16-11-. The van der Waals surface area contributed by atoms with Crippen molar-refractivity contribution in [3.8, 4) is 0 Å². The largest absolute Gasteiger partial charge is 0.324 e. The summed E-state index contributed by atoms with van der Waals surface area (Å²) in [6.07, 6.45) is 1.61. The zero-order valence-electron chi connectivity index (χ0n) is 16.8. The maximum absolute atomic E-state index is 12.5. The van der Waals surface area contributed by atoms with E-state index in [1.165, 1.54) is 9.71 Å². The minimum atomic E-state index is -3.47. The highest BCUT2D eigenvalue weighted by atomic mass is 32.2. The molecule has 0 aromatic heterocycles. The summed E-state index contributed by atoms with van der Waals surface area (Å²) in [5.74, 6) is -0.0809. The van der Waals surface area contributed by atoms with E-state index in [2.05, 4.69) is 5.32 Å². The lowest BCUT2D eigenvalue weighted by Gasteiger charge is -2.32. The summed E-state index contributed by atoms with van der Waals surface area (Å²) >= 11 is 0. The number of hydrogen-bond acceptors (Lipinski definition) is 4. The van der Waals surface area contributed by atoms with E-state index in [0.29, 0.717) is 26.2 Å². The number of nitrogens with zero attached hydrogens (tertiary/aromatic N) is 2. The molecule has 7 heteroatoms. The minimum Gasteiger partial charge on any atom is -0.324 e. The predicted molar refractivity (Wildman–Crippen MR) is 117 cm³/mol. The Balaban J connectivity index is 1.52. The molecule has 1 amide bonds. The molecule has 1 fully saturated rings. The Morgan fingerprint density at radius 1 is 0.966 bits per heavy atom. The van der Waals surface area contributed by atoms with Crippen LogP contribution < -0.4 is 5.32 Å². The Bertz CT molecular complexity index is 959. The van der Waals surface area contributed by atoms with Crippen LogP contribution in [0, 0.1) is 13.8 Å². The van der Waals surface area contributed by atoms with Crippen molar-refractivity contribution in [2.45, 2.75) is 13.8 Å². The topological polar surface area (TPSA) is 69.7 Å². The van der Waals surface area contributed by atoms with Crippen LogP contribution in [-0.4, -0.2) is 56.3 Å². The summed E-state index contributed by atoms with van der Waals surface area (Å²) in [6, 6.07) is 15.2. The molecule has 2 aromatic rings. The van der Waals surface area contributed by atoms with E-state index >= 15 is 0 Å². The van der Waals surface area contributed by atoms with E-state index in [-0.39, 0.29) is 12.5 Å². The number of sulfonamides is 1. The molecule has 1 aliphatic rings. The fraction of sp³-hybridized carbons (Fsp3) is 0.318. The Morgan fingerprint density at radius 2 is 1.59 bits per heavy atom. The molecule has 0 atom stereocenters. The first-order valence-electron chi connectivity index (χ1n) is 9.67. The monoisotopic (exact) mass is 413 g/mol. The summed E-state index contributed by atoms with van der Waals surface area (Å²) in [4.78, 5) is 14.4. The van der Waals surface area contributed by atoms with Gasteiger partial charge in [-0.1, -0.05) is 48.5 Å². The van der Waals surface area contributed by atoms with Crippen molar-refractivity contribution in [2.75, 3.05) is 38.0 Å². The molecular weight excluding hydrogens is 386 g/mol. The molecule has 2 aromatic carbocycles. The first kappa shape index (κ1) is 21.2. The van der Waals surface area contributed by atoms with Gasteiger partial charge in [-0.15, -0.1) is 0 Å². The highest BCUT2D eigenvalue weighted by molar-refractivity contribution is 7.92. The van der Waals surface area contributed by atoms with Crippen molar-refractivity contribution >= 4 is 27.7 Å². The van der Waals surface area contributed by atoms with Crippen LogP contribution in [0.3, 0.4) is 0 Å². The van der Waals surface area contributed by atoms with Gasteiger partial charge < -0.3 is 5.32 Å². The van der Waals surface area contributed by atoms with Gasteiger partial charge in [-0.2, -0.15) is 4.31 Å². The maximum Gasteiger partial charge on any atom is 0.238 e. The van der Waals surface area contributed by atoms with Crippen LogP contribution in [-0.2, 0) is 14.8 Å². The predicted octanol–water partition coefficient (Wildman–Crippen LogP) is 2.86. The number of anilines is 1. The van der Waals surface area contributed by atoms with Gasteiger partial charge in [-0.05, 0) is 36.6 Å². The molecule has 0 aliphatic carbocycles. The number of para-hydroxylation sites is 1. The van der Waals surface area contributed by atoms with Crippen molar-refractivity contribution in [3.05, 3.63) is 70.6 Å². The number of carbonyl (C=O) groups is 1. The van der Waals surface area contributed by atoms with E-state index in [1.54, 1.807) is 6.08 Å². The van der Waals surface area contributed by atoms with Crippen LogP contribution in [0.15, 0.2) is 53.9 Å². The van der Waals surface area contributed by atoms with Crippen LogP contribution in [0.1, 0.15) is 16.7 Å². The van der Waals surface area contributed by atoms with Gasteiger partial charge in [0.15, 0.2) is 0 Å². The third-order valence-corrected chi connectivity index (χ3v) is 6.60. The quantitative estimate of drug-likeness (QED) is 0.791. The lowest BCUT2D eigenvalue weighted by Crippen LogP contribution is -2.49. The minimum absolute atomic E-state index is 0.0809. The molecule has 0 saturated carbocycles. The van der Waals surface area contributed by atoms with Crippen LogP contribution >= 0.6 is 0 Å². The van der Waals surface area contributed by atoms with Crippen molar-refractivity contribution in [2.24, 2.45) is 0 Å². The fourth-order valence-corrected chi connectivity index (χ4v) is 4.52. The van der Waals surface area contributed by atoms with Crippen LogP contribution in [0.5, 0.6) is 0 Å². The Labute approximate surface area is 172 Å². The molecule has 6 nitrogen and oxygen atoms in total. The van der Waals surface area contributed by atoms with Gasteiger partial charge in [0.25, 0.3) is 0 Å². The summed E-state index contributed by atoms with van der Waals surface area (Å²) in [7, 11) is -3.47. The van der Waals surface area contributed by atoms with Gasteiger partial charge in [0.05, 0.1) is 6.54 Å². The van der Waals surface area contributed by atoms with Gasteiger partial charge in [0.1, 0.15) is 0 Å². The van der Waals surface area contributed by atoms with E-state index in [0.717, 1.165) is 22.4 Å². The Kier molecular flexibility index (Phi) is 6.84. The highest BCUT2D eigenvalue weighted by Crippen LogP contribution is 2.19. The maximum atomic E-state index is 12.5. The molecule has 1 aliphatic heterocycles. The normalized spacial score (nSPS) is 16.2. The van der Waals surface area contributed by atoms with E-state index in [1.807, 2.05) is 67.3 Å². The molecule has 1 heterocycles. The van der Waals surface area contributed by atoms with Crippen molar-refractivity contribution < 1.29 is 13.2 Å². The number of benzene rings is 2. The summed E-state index contributed by atoms with van der Waals surface area (Å²) < 4.78 is 26.6.